The summed E-state index contributed by atoms with van der Waals surface area (Å²) < 4.78 is 3.59. The van der Waals surface area contributed by atoms with Gasteiger partial charge in [0, 0.05) is 20.5 Å². The Morgan fingerprint density at radius 3 is 2.78 bits per heavy atom. The van der Waals surface area contributed by atoms with Crippen LogP contribution < -0.4 is 16.6 Å². The molecule has 11 heteroatoms. The number of amides is 1. The van der Waals surface area contributed by atoms with Crippen molar-refractivity contribution in [3.63, 3.8) is 0 Å². The van der Waals surface area contributed by atoms with E-state index in [2.05, 4.69) is 15.3 Å². The van der Waals surface area contributed by atoms with E-state index in [0.717, 1.165) is 22.3 Å². The van der Waals surface area contributed by atoms with Crippen LogP contribution in [0.1, 0.15) is 28.2 Å². The van der Waals surface area contributed by atoms with Crippen molar-refractivity contribution >= 4 is 39.3 Å². The summed E-state index contributed by atoms with van der Waals surface area (Å²) in [7, 11) is 3.13. The molecule has 0 spiro atoms. The lowest BCUT2D eigenvalue weighted by Gasteiger charge is -2.08. The van der Waals surface area contributed by atoms with Crippen molar-refractivity contribution < 1.29 is 9.59 Å². The van der Waals surface area contributed by atoms with Crippen molar-refractivity contribution in [2.75, 3.05) is 5.32 Å². The first-order chi connectivity index (χ1) is 12.9. The van der Waals surface area contributed by atoms with E-state index in [0.29, 0.717) is 28.5 Å². The Morgan fingerprint density at radius 1 is 1.26 bits per heavy atom. The predicted molar refractivity (Wildman–Crippen MR) is 98.2 cm³/mol. The molecular weight excluding hydrogens is 372 g/mol. The number of rotatable bonds is 3. The minimum atomic E-state index is -0.630. The van der Waals surface area contributed by atoms with Gasteiger partial charge in [-0.2, -0.15) is 0 Å². The maximum Gasteiger partial charge on any atom is 0.332 e. The number of carbonyl (C=O) groups is 2. The largest absolute Gasteiger partial charge is 0.332 e. The molecule has 0 aliphatic heterocycles. The number of aryl methyl sites for hydroxylation is 3. The first-order valence-corrected chi connectivity index (χ1v) is 9.12. The van der Waals surface area contributed by atoms with Gasteiger partial charge in [0.2, 0.25) is 5.91 Å². The van der Waals surface area contributed by atoms with E-state index in [1.807, 2.05) is 0 Å². The van der Waals surface area contributed by atoms with Crippen molar-refractivity contribution in [1.29, 1.82) is 0 Å². The Bertz CT molecular complexity index is 1210. The molecule has 3 aromatic heterocycles. The lowest BCUT2D eigenvalue weighted by atomic mass is 10.0. The number of Topliss-reactive ketones (excluding diaryl/α,β-unsaturated/α-hetero) is 1. The van der Waals surface area contributed by atoms with Crippen LogP contribution in [0.5, 0.6) is 0 Å². The summed E-state index contributed by atoms with van der Waals surface area (Å²) in [6.07, 6.45) is 3.37. The number of imidazole rings is 1. The third-order valence-corrected chi connectivity index (χ3v) is 5.57. The van der Waals surface area contributed by atoms with Crippen molar-refractivity contribution in [3.05, 3.63) is 37.7 Å². The lowest BCUT2D eigenvalue weighted by molar-refractivity contribution is -0.116. The topological polar surface area (TPSA) is 121 Å². The van der Waals surface area contributed by atoms with Gasteiger partial charge in [-0.3, -0.25) is 19.0 Å². The minimum Gasteiger partial charge on any atom is -0.328 e. The highest BCUT2D eigenvalue weighted by atomic mass is 32.1. The summed E-state index contributed by atoms with van der Waals surface area (Å²) in [4.78, 5) is 58.2. The Labute approximate surface area is 156 Å². The molecule has 0 saturated carbocycles. The molecule has 0 atom stereocenters. The zero-order valence-electron chi connectivity index (χ0n) is 14.7. The van der Waals surface area contributed by atoms with Crippen LogP contribution in [0.15, 0.2) is 15.9 Å². The number of ketones is 1. The second-order valence-electron chi connectivity index (χ2n) is 6.38. The molecule has 0 saturated heterocycles. The molecule has 3 heterocycles. The van der Waals surface area contributed by atoms with E-state index in [-0.39, 0.29) is 16.9 Å². The first kappa shape index (κ1) is 17.3. The Kier molecular flexibility index (Phi) is 4.02. The quantitative estimate of drug-likeness (QED) is 0.677. The van der Waals surface area contributed by atoms with Crippen molar-refractivity contribution in [2.45, 2.75) is 25.8 Å². The van der Waals surface area contributed by atoms with Crippen molar-refractivity contribution in [3.8, 4) is 0 Å². The first-order valence-electron chi connectivity index (χ1n) is 8.30. The Hall–Kier alpha value is -3.08. The van der Waals surface area contributed by atoms with Gasteiger partial charge in [-0.1, -0.05) is 11.3 Å². The highest BCUT2D eigenvalue weighted by Crippen LogP contribution is 2.29. The van der Waals surface area contributed by atoms with Crippen LogP contribution in [-0.2, 0) is 31.9 Å². The Balaban J connectivity index is 1.64. The number of carbonyl (C=O) groups excluding carboxylic acids is 2. The van der Waals surface area contributed by atoms with Gasteiger partial charge in [0.25, 0.3) is 5.56 Å². The van der Waals surface area contributed by atoms with Crippen molar-refractivity contribution in [2.24, 2.45) is 14.1 Å². The van der Waals surface area contributed by atoms with E-state index in [1.165, 1.54) is 22.5 Å². The van der Waals surface area contributed by atoms with Gasteiger partial charge in [-0.15, -0.1) is 0 Å². The number of anilines is 1. The number of thiazole rings is 1. The number of fused-ring (bicyclic) bond motifs is 2. The molecule has 4 rings (SSSR count). The molecule has 0 fully saturated rings. The van der Waals surface area contributed by atoms with E-state index in [1.54, 1.807) is 7.05 Å². The molecule has 0 unspecified atom stereocenters. The van der Waals surface area contributed by atoms with Crippen LogP contribution >= 0.6 is 11.3 Å². The van der Waals surface area contributed by atoms with Gasteiger partial charge in [-0.25, -0.2) is 19.3 Å². The fourth-order valence-corrected chi connectivity index (χ4v) is 4.16. The minimum absolute atomic E-state index is 0.0287. The number of hydrogen-bond acceptors (Lipinski definition) is 7. The molecule has 3 aromatic rings. The monoisotopic (exact) mass is 388 g/mol. The summed E-state index contributed by atoms with van der Waals surface area (Å²) in [6, 6.07) is 0. The van der Waals surface area contributed by atoms with Gasteiger partial charge in [-0.05, 0) is 12.8 Å². The zero-order chi connectivity index (χ0) is 19.3. The zero-order valence-corrected chi connectivity index (χ0v) is 15.5. The summed E-state index contributed by atoms with van der Waals surface area (Å²) in [5, 5.41) is 2.88. The van der Waals surface area contributed by atoms with Gasteiger partial charge in [0.15, 0.2) is 22.1 Å². The lowest BCUT2D eigenvalue weighted by Crippen LogP contribution is -2.42. The van der Waals surface area contributed by atoms with E-state index in [4.69, 9.17) is 0 Å². The predicted octanol–water partition coefficient (Wildman–Crippen LogP) is 0.0479. The van der Waals surface area contributed by atoms with Crippen molar-refractivity contribution in [1.82, 2.24) is 23.7 Å². The molecule has 0 radical (unpaired) electrons. The van der Waals surface area contributed by atoms with Crippen LogP contribution in [0, 0.1) is 0 Å². The second kappa shape index (κ2) is 6.27. The maximum atomic E-state index is 12.6. The smallest absolute Gasteiger partial charge is 0.328 e. The highest BCUT2D eigenvalue weighted by Gasteiger charge is 2.23. The summed E-state index contributed by atoms with van der Waals surface area (Å²) in [5.74, 6) is -0.532. The van der Waals surface area contributed by atoms with Crippen LogP contribution in [-0.4, -0.2) is 35.4 Å². The van der Waals surface area contributed by atoms with Gasteiger partial charge in [0.1, 0.15) is 6.54 Å². The maximum absolute atomic E-state index is 12.6. The van der Waals surface area contributed by atoms with Gasteiger partial charge < -0.3 is 9.88 Å². The third kappa shape index (κ3) is 2.79. The molecule has 1 amide bonds. The molecule has 1 N–H and O–H groups in total. The van der Waals surface area contributed by atoms with Gasteiger partial charge >= 0.3 is 5.69 Å². The second-order valence-corrected chi connectivity index (χ2v) is 7.38. The number of nitrogens with zero attached hydrogens (tertiary/aromatic N) is 5. The molecule has 140 valence electrons. The fraction of sp³-hybridized carbons (Fsp3) is 0.375. The summed E-state index contributed by atoms with van der Waals surface area (Å²) in [5.41, 5.74) is -0.0294. The number of nitrogens with one attached hydrogen (secondary N) is 1. The number of aromatic nitrogens is 5. The molecule has 1 aliphatic carbocycles. The third-order valence-electron chi connectivity index (χ3n) is 4.52. The highest BCUT2D eigenvalue weighted by molar-refractivity contribution is 7.17. The summed E-state index contributed by atoms with van der Waals surface area (Å²) >= 11 is 1.12. The average molecular weight is 388 g/mol. The fourth-order valence-electron chi connectivity index (χ4n) is 3.16. The van der Waals surface area contributed by atoms with E-state index < -0.39 is 23.7 Å². The van der Waals surface area contributed by atoms with E-state index in [9.17, 15) is 19.2 Å². The van der Waals surface area contributed by atoms with Crippen LogP contribution in [0.2, 0.25) is 0 Å². The molecule has 27 heavy (non-hydrogen) atoms. The van der Waals surface area contributed by atoms with Crippen LogP contribution in [0.3, 0.4) is 0 Å². The molecule has 1 aliphatic rings. The normalized spacial score (nSPS) is 13.8. The number of hydrogen-bond donors (Lipinski definition) is 1. The summed E-state index contributed by atoms with van der Waals surface area (Å²) in [6.45, 7) is -0.454. The van der Waals surface area contributed by atoms with E-state index >= 15 is 0 Å². The van der Waals surface area contributed by atoms with Gasteiger partial charge in [0.05, 0.1) is 16.9 Å². The molecule has 0 bridgehead atoms. The standard InChI is InChI=1S/C16H16N6O4S/c1-20-7-17-13-11(20)14(25)22(16(26)21(13)2)6-10(24)19-15-18-8-4-3-5-9(23)12(8)27-15/h7H,3-6H2,1-2H3,(H,18,19,24). The molecule has 10 nitrogen and oxygen atoms in total. The Morgan fingerprint density at radius 2 is 2.04 bits per heavy atom. The average Bonchev–Trinajstić information content (AvgIpc) is 3.21. The van der Waals surface area contributed by atoms with Crippen LogP contribution in [0.4, 0.5) is 5.13 Å². The SMILES string of the molecule is Cn1cnc2c1c(=O)n(CC(=O)Nc1nc3c(s1)C(=O)CCC3)c(=O)n2C. The van der Waals surface area contributed by atoms with Crippen LogP contribution in [0.25, 0.3) is 11.2 Å². The molecular formula is C16H16N6O4S. The molecule has 0 aromatic carbocycles.